The lowest BCUT2D eigenvalue weighted by Gasteiger charge is -2.03. The Kier molecular flexibility index (Phi) is 2.65. The van der Waals surface area contributed by atoms with Gasteiger partial charge in [-0.3, -0.25) is 0 Å². The van der Waals surface area contributed by atoms with Gasteiger partial charge >= 0.3 is 0 Å². The van der Waals surface area contributed by atoms with Crippen molar-refractivity contribution in [3.63, 3.8) is 0 Å². The largest absolute Gasteiger partial charge is 0.396 e. The van der Waals surface area contributed by atoms with Crippen LogP contribution in [0.3, 0.4) is 0 Å². The first-order chi connectivity index (χ1) is 7.49. The van der Waals surface area contributed by atoms with Gasteiger partial charge in [-0.15, -0.1) is 5.10 Å². The van der Waals surface area contributed by atoms with Crippen LogP contribution < -0.4 is 11.5 Å². The maximum absolute atomic E-state index is 5.91. The Morgan fingerprint density at radius 2 is 1.75 bits per heavy atom. The van der Waals surface area contributed by atoms with E-state index >= 15 is 0 Å². The highest BCUT2D eigenvalue weighted by Gasteiger charge is 2.11. The number of nitrogen functional groups attached to an aromatic ring is 2. The monoisotopic (exact) mass is 257 g/mol. The van der Waals surface area contributed by atoms with Crippen molar-refractivity contribution in [2.75, 3.05) is 11.5 Å². The second-order valence-corrected chi connectivity index (χ2v) is 4.09. The molecule has 0 saturated heterocycles. The van der Waals surface area contributed by atoms with E-state index in [0.29, 0.717) is 33.1 Å². The van der Waals surface area contributed by atoms with Crippen LogP contribution in [-0.2, 0) is 7.05 Å². The van der Waals surface area contributed by atoms with Crippen LogP contribution in [0.1, 0.15) is 0 Å². The number of aryl methyl sites for hydroxylation is 1. The molecule has 0 atom stereocenters. The molecule has 84 valence electrons. The average molecular weight is 258 g/mol. The molecule has 7 heteroatoms. The van der Waals surface area contributed by atoms with Gasteiger partial charge in [0.05, 0.1) is 15.7 Å². The fraction of sp³-hybridized carbons (Fsp3) is 0.111. The number of aromatic nitrogens is 3. The van der Waals surface area contributed by atoms with Gasteiger partial charge < -0.3 is 11.5 Å². The van der Waals surface area contributed by atoms with Crippen LogP contribution in [0.5, 0.6) is 0 Å². The lowest BCUT2D eigenvalue weighted by atomic mass is 10.2. The molecular weight excluding hydrogens is 249 g/mol. The fourth-order valence-corrected chi connectivity index (χ4v) is 1.72. The normalized spacial score (nSPS) is 10.7. The summed E-state index contributed by atoms with van der Waals surface area (Å²) in [7, 11) is 1.70. The van der Waals surface area contributed by atoms with Gasteiger partial charge in [-0.2, -0.15) is 4.98 Å². The predicted octanol–water partition coefficient (Wildman–Crippen LogP) is 1.95. The lowest BCUT2D eigenvalue weighted by molar-refractivity contribution is 0.781. The standard InChI is InChI=1S/C9H9Cl2N5/c1-16-9(13)14-8(15-16)4-2-5(10)7(12)6(11)3-4/h2-3H,12H2,1H3,(H2,13,14,15). The molecule has 0 bridgehead atoms. The van der Waals surface area contributed by atoms with Crippen LogP contribution in [0.15, 0.2) is 12.1 Å². The van der Waals surface area contributed by atoms with E-state index in [1.165, 1.54) is 4.68 Å². The number of anilines is 2. The third kappa shape index (κ3) is 1.79. The quantitative estimate of drug-likeness (QED) is 0.766. The topological polar surface area (TPSA) is 82.8 Å². The third-order valence-corrected chi connectivity index (χ3v) is 2.76. The number of hydrogen-bond acceptors (Lipinski definition) is 4. The maximum atomic E-state index is 5.91. The van der Waals surface area contributed by atoms with Gasteiger partial charge in [0.2, 0.25) is 5.95 Å². The van der Waals surface area contributed by atoms with Crippen molar-refractivity contribution in [1.82, 2.24) is 14.8 Å². The summed E-state index contributed by atoms with van der Waals surface area (Å²) in [6.45, 7) is 0. The molecule has 0 radical (unpaired) electrons. The zero-order valence-corrected chi connectivity index (χ0v) is 9.92. The number of nitrogens with zero attached hydrogens (tertiary/aromatic N) is 3. The molecular formula is C9H9Cl2N5. The second-order valence-electron chi connectivity index (χ2n) is 3.27. The highest BCUT2D eigenvalue weighted by molar-refractivity contribution is 6.39. The molecule has 0 aliphatic rings. The molecule has 2 aromatic rings. The van der Waals surface area contributed by atoms with Gasteiger partial charge in [-0.05, 0) is 12.1 Å². The maximum Gasteiger partial charge on any atom is 0.218 e. The van der Waals surface area contributed by atoms with E-state index < -0.39 is 0 Å². The van der Waals surface area contributed by atoms with Gasteiger partial charge in [-0.1, -0.05) is 23.2 Å². The molecule has 1 aromatic carbocycles. The molecule has 0 saturated carbocycles. The predicted molar refractivity (Wildman–Crippen MR) is 65.3 cm³/mol. The Hall–Kier alpha value is -1.46. The van der Waals surface area contributed by atoms with Crippen molar-refractivity contribution in [2.45, 2.75) is 0 Å². The molecule has 0 spiro atoms. The van der Waals surface area contributed by atoms with Crippen molar-refractivity contribution < 1.29 is 0 Å². The summed E-state index contributed by atoms with van der Waals surface area (Å²) in [4.78, 5) is 4.06. The number of benzene rings is 1. The average Bonchev–Trinajstić information content (AvgIpc) is 2.55. The van der Waals surface area contributed by atoms with Crippen LogP contribution in [0.2, 0.25) is 10.0 Å². The first-order valence-corrected chi connectivity index (χ1v) is 5.16. The third-order valence-electron chi connectivity index (χ3n) is 2.13. The van der Waals surface area contributed by atoms with Crippen LogP contribution in [0.25, 0.3) is 11.4 Å². The molecule has 0 aliphatic heterocycles. The first kappa shape index (κ1) is 11.0. The van der Waals surface area contributed by atoms with Crippen molar-refractivity contribution in [2.24, 2.45) is 7.05 Å². The number of nitrogens with two attached hydrogens (primary N) is 2. The van der Waals surface area contributed by atoms with Crippen LogP contribution in [0.4, 0.5) is 11.6 Å². The van der Waals surface area contributed by atoms with E-state index in [2.05, 4.69) is 10.1 Å². The lowest BCUT2D eigenvalue weighted by Crippen LogP contribution is -1.97. The minimum absolute atomic E-state index is 0.319. The number of halogens is 2. The van der Waals surface area contributed by atoms with Crippen molar-refractivity contribution in [1.29, 1.82) is 0 Å². The number of rotatable bonds is 1. The second kappa shape index (κ2) is 3.84. The molecule has 0 aliphatic carbocycles. The van der Waals surface area contributed by atoms with E-state index in [0.717, 1.165) is 0 Å². The van der Waals surface area contributed by atoms with E-state index in [1.54, 1.807) is 19.2 Å². The summed E-state index contributed by atoms with van der Waals surface area (Å²) in [6.07, 6.45) is 0. The number of hydrogen-bond donors (Lipinski definition) is 2. The zero-order chi connectivity index (χ0) is 11.9. The summed E-state index contributed by atoms with van der Waals surface area (Å²) in [6, 6.07) is 3.30. The molecule has 16 heavy (non-hydrogen) atoms. The molecule has 5 nitrogen and oxygen atoms in total. The van der Waals surface area contributed by atoms with Gasteiger partial charge in [0.1, 0.15) is 0 Å². The molecule has 0 unspecified atom stereocenters. The summed E-state index contributed by atoms with van der Waals surface area (Å²) in [5.74, 6) is 0.780. The van der Waals surface area contributed by atoms with Crippen LogP contribution >= 0.6 is 23.2 Å². The van der Waals surface area contributed by atoms with Crippen molar-refractivity contribution in [3.8, 4) is 11.4 Å². The van der Waals surface area contributed by atoms with Crippen LogP contribution in [0, 0.1) is 0 Å². The molecule has 4 N–H and O–H groups in total. The summed E-state index contributed by atoms with van der Waals surface area (Å²) >= 11 is 11.8. The molecule has 1 heterocycles. The Labute approximate surface area is 102 Å². The minimum atomic E-state index is 0.319. The summed E-state index contributed by atoms with van der Waals surface area (Å²) in [5.41, 5.74) is 12.2. The van der Waals surface area contributed by atoms with Crippen molar-refractivity contribution in [3.05, 3.63) is 22.2 Å². The van der Waals surface area contributed by atoms with E-state index in [9.17, 15) is 0 Å². The highest BCUT2D eigenvalue weighted by Crippen LogP contribution is 2.32. The molecule has 2 rings (SSSR count). The Morgan fingerprint density at radius 1 is 1.19 bits per heavy atom. The van der Waals surface area contributed by atoms with E-state index in [4.69, 9.17) is 34.7 Å². The zero-order valence-electron chi connectivity index (χ0n) is 8.41. The van der Waals surface area contributed by atoms with Gasteiger partial charge in [0.15, 0.2) is 5.82 Å². The highest BCUT2D eigenvalue weighted by atomic mass is 35.5. The van der Waals surface area contributed by atoms with Gasteiger partial charge in [-0.25, -0.2) is 4.68 Å². The molecule has 0 fully saturated rings. The fourth-order valence-electron chi connectivity index (χ4n) is 1.23. The Balaban J connectivity index is 2.56. The van der Waals surface area contributed by atoms with Gasteiger partial charge in [0, 0.05) is 12.6 Å². The smallest absolute Gasteiger partial charge is 0.218 e. The minimum Gasteiger partial charge on any atom is -0.396 e. The van der Waals surface area contributed by atoms with Gasteiger partial charge in [0.25, 0.3) is 0 Å². The van der Waals surface area contributed by atoms with E-state index in [1.807, 2.05) is 0 Å². The van der Waals surface area contributed by atoms with Crippen LogP contribution in [-0.4, -0.2) is 14.8 Å². The summed E-state index contributed by atoms with van der Waals surface area (Å²) < 4.78 is 1.47. The Morgan fingerprint density at radius 3 is 2.19 bits per heavy atom. The summed E-state index contributed by atoms with van der Waals surface area (Å²) in [5, 5.41) is 4.85. The first-order valence-electron chi connectivity index (χ1n) is 4.40. The Bertz CT molecular complexity index is 506. The van der Waals surface area contributed by atoms with E-state index in [-0.39, 0.29) is 0 Å². The van der Waals surface area contributed by atoms with Crippen molar-refractivity contribution >= 4 is 34.8 Å². The molecule has 1 aromatic heterocycles. The molecule has 0 amide bonds. The SMILES string of the molecule is Cn1nc(-c2cc(Cl)c(N)c(Cl)c2)nc1N.